The van der Waals surface area contributed by atoms with Crippen LogP contribution in [0.15, 0.2) is 10.2 Å². The molecule has 0 spiro atoms. The van der Waals surface area contributed by atoms with Crippen LogP contribution in [0.2, 0.25) is 6.04 Å². The molecule has 106 valence electrons. The summed E-state index contributed by atoms with van der Waals surface area (Å²) < 4.78 is 0. The van der Waals surface area contributed by atoms with E-state index in [0.717, 1.165) is 11.4 Å². The average molecular weight is 330 g/mol. The highest BCUT2D eigenvalue weighted by Crippen LogP contribution is 2.31. The number of hydrogen-bond donors (Lipinski definition) is 0. The molecule has 0 aromatic rings. The second-order valence-corrected chi connectivity index (χ2v) is 15.7. The number of halogens is 3. The fourth-order valence-corrected chi connectivity index (χ4v) is 3.05. The van der Waals surface area contributed by atoms with E-state index in [4.69, 9.17) is 33.2 Å². The molecule has 0 aliphatic carbocycles. The zero-order chi connectivity index (χ0) is 14.8. The van der Waals surface area contributed by atoms with Crippen LogP contribution in [-0.4, -0.2) is 17.4 Å². The van der Waals surface area contributed by atoms with Gasteiger partial charge >= 0.3 is 6.00 Å². The molecule has 0 unspecified atom stereocenters. The van der Waals surface area contributed by atoms with E-state index < -0.39 is 6.00 Å². The molecule has 6 heteroatoms. The lowest BCUT2D eigenvalue weighted by Gasteiger charge is -2.23. The van der Waals surface area contributed by atoms with Crippen LogP contribution < -0.4 is 0 Å². The molecule has 0 aromatic heterocycles. The van der Waals surface area contributed by atoms with Gasteiger partial charge in [0, 0.05) is 28.3 Å². The summed E-state index contributed by atoms with van der Waals surface area (Å²) in [6, 6.07) is -2.31. The second-order valence-electron chi connectivity index (χ2n) is 6.52. The molecule has 0 rings (SSSR count). The van der Waals surface area contributed by atoms with Crippen LogP contribution in [-0.2, 0) is 0 Å². The molecule has 0 saturated carbocycles. The second kappa shape index (κ2) is 6.25. The van der Waals surface area contributed by atoms with Crippen LogP contribution in [0, 0.1) is 10.8 Å². The Labute approximate surface area is 126 Å². The lowest BCUT2D eigenvalue weighted by atomic mass is 9.91. The molecule has 2 nitrogen and oxygen atoms in total. The van der Waals surface area contributed by atoms with E-state index >= 15 is 0 Å². The Morgan fingerprint density at radius 3 is 1.61 bits per heavy atom. The van der Waals surface area contributed by atoms with Crippen LogP contribution in [0.25, 0.3) is 0 Å². The van der Waals surface area contributed by atoms with Gasteiger partial charge in [-0.05, 0) is 6.92 Å². The van der Waals surface area contributed by atoms with Crippen molar-refractivity contribution in [1.29, 1.82) is 0 Å². The van der Waals surface area contributed by atoms with Crippen LogP contribution in [0.5, 0.6) is 0 Å². The molecule has 0 amide bonds. The van der Waals surface area contributed by atoms with E-state index in [0.29, 0.717) is 6.04 Å². The van der Waals surface area contributed by atoms with Crippen molar-refractivity contribution in [2.75, 3.05) is 0 Å². The van der Waals surface area contributed by atoms with E-state index in [1.807, 2.05) is 6.92 Å². The SMILES string of the molecule is C/C(=N/N=C(\C[Si](Cl)(Cl)Cl)C(C)(C)C)C(C)(C)C. The van der Waals surface area contributed by atoms with Gasteiger partial charge < -0.3 is 0 Å². The van der Waals surface area contributed by atoms with Crippen LogP contribution in [0.1, 0.15) is 48.5 Å². The van der Waals surface area contributed by atoms with Gasteiger partial charge in [-0.1, -0.05) is 41.5 Å². The molecular weight excluding hydrogens is 307 g/mol. The van der Waals surface area contributed by atoms with Crippen molar-refractivity contribution < 1.29 is 0 Å². The predicted octanol–water partition coefficient (Wildman–Crippen LogP) is 5.55. The van der Waals surface area contributed by atoms with Crippen LogP contribution >= 0.6 is 33.2 Å². The first-order chi connectivity index (χ1) is 7.73. The zero-order valence-electron chi connectivity index (χ0n) is 12.2. The first-order valence-corrected chi connectivity index (χ1v) is 11.2. The van der Waals surface area contributed by atoms with Gasteiger partial charge in [0.15, 0.2) is 0 Å². The lowest BCUT2D eigenvalue weighted by Crippen LogP contribution is -2.27. The first-order valence-electron chi connectivity index (χ1n) is 5.92. The minimum atomic E-state index is -2.73. The van der Waals surface area contributed by atoms with Gasteiger partial charge in [0.1, 0.15) is 0 Å². The first kappa shape index (κ1) is 18.4. The third-order valence-corrected chi connectivity index (χ3v) is 4.58. The highest BCUT2D eigenvalue weighted by atomic mass is 35.8. The Morgan fingerprint density at radius 2 is 1.33 bits per heavy atom. The summed E-state index contributed by atoms with van der Waals surface area (Å²) in [4.78, 5) is 0. The molecule has 18 heavy (non-hydrogen) atoms. The van der Waals surface area contributed by atoms with Crippen LogP contribution in [0.3, 0.4) is 0 Å². The number of hydrogen-bond acceptors (Lipinski definition) is 2. The fourth-order valence-electron chi connectivity index (χ4n) is 0.926. The van der Waals surface area contributed by atoms with Crippen molar-refractivity contribution in [3.63, 3.8) is 0 Å². The normalized spacial score (nSPS) is 16.1. The van der Waals surface area contributed by atoms with Crippen molar-refractivity contribution >= 4 is 50.7 Å². The summed E-state index contributed by atoms with van der Waals surface area (Å²) >= 11 is 17.9. The molecule has 0 aliphatic heterocycles. The van der Waals surface area contributed by atoms with Crippen molar-refractivity contribution in [1.82, 2.24) is 0 Å². The minimum absolute atomic E-state index is 0.00387. The van der Waals surface area contributed by atoms with Gasteiger partial charge in [-0.3, -0.25) is 0 Å². The molecule has 0 aromatic carbocycles. The minimum Gasteiger partial charge on any atom is -0.160 e. The molecule has 0 heterocycles. The van der Waals surface area contributed by atoms with E-state index in [9.17, 15) is 0 Å². The third-order valence-electron chi connectivity index (χ3n) is 2.64. The monoisotopic (exact) mass is 328 g/mol. The maximum absolute atomic E-state index is 5.98. The summed E-state index contributed by atoms with van der Waals surface area (Å²) in [5.74, 6) is 0. The summed E-state index contributed by atoms with van der Waals surface area (Å²) in [5, 5.41) is 8.63. The van der Waals surface area contributed by atoms with Crippen LogP contribution in [0.4, 0.5) is 0 Å². The van der Waals surface area contributed by atoms with E-state index in [-0.39, 0.29) is 10.8 Å². The molecule has 0 saturated heterocycles. The maximum Gasteiger partial charge on any atom is 0.346 e. The van der Waals surface area contributed by atoms with Crippen molar-refractivity contribution in [2.45, 2.75) is 54.5 Å². The quantitative estimate of drug-likeness (QED) is 0.281. The summed E-state index contributed by atoms with van der Waals surface area (Å²) in [6.45, 7) is 14.4. The van der Waals surface area contributed by atoms with Gasteiger partial charge in [0.2, 0.25) is 0 Å². The van der Waals surface area contributed by atoms with E-state index in [1.54, 1.807) is 0 Å². The Balaban J connectivity index is 5.24. The Morgan fingerprint density at radius 1 is 0.889 bits per heavy atom. The summed E-state index contributed by atoms with van der Waals surface area (Å²) in [6.07, 6.45) is 0. The molecule has 0 aliphatic rings. The predicted molar refractivity (Wildman–Crippen MR) is 87.6 cm³/mol. The topological polar surface area (TPSA) is 24.7 Å². The Bertz CT molecular complexity index is 344. The maximum atomic E-state index is 5.98. The Hall–Kier alpha value is 0.427. The van der Waals surface area contributed by atoms with Crippen molar-refractivity contribution in [2.24, 2.45) is 21.0 Å². The highest BCUT2D eigenvalue weighted by Gasteiger charge is 2.32. The molecular formula is C12H23Cl3N2Si. The Kier molecular flexibility index (Phi) is 6.40. The summed E-state index contributed by atoms with van der Waals surface area (Å²) in [7, 11) is 0. The average Bonchev–Trinajstić information content (AvgIpc) is 2.06. The van der Waals surface area contributed by atoms with Crippen molar-refractivity contribution in [3.8, 4) is 0 Å². The molecule has 0 fully saturated rings. The summed E-state index contributed by atoms with van der Waals surface area (Å²) in [5.41, 5.74) is 1.68. The number of nitrogens with zero attached hydrogens (tertiary/aromatic N) is 2. The van der Waals surface area contributed by atoms with Gasteiger partial charge in [0.05, 0.1) is 0 Å². The van der Waals surface area contributed by atoms with Gasteiger partial charge in [-0.15, -0.1) is 33.2 Å². The molecule has 0 N–H and O–H groups in total. The van der Waals surface area contributed by atoms with Gasteiger partial charge in [-0.25, -0.2) is 0 Å². The molecule has 0 bridgehead atoms. The smallest absolute Gasteiger partial charge is 0.160 e. The zero-order valence-corrected chi connectivity index (χ0v) is 15.5. The third kappa shape index (κ3) is 7.77. The van der Waals surface area contributed by atoms with Crippen molar-refractivity contribution in [3.05, 3.63) is 0 Å². The standard InChI is InChI=1S/C12H23Cl3N2Si/c1-9(11(2,3)4)16-17-10(12(5,6)7)8-18(13,14)15/h8H2,1-7H3/b16-9-,17-10+. The molecule has 0 radical (unpaired) electrons. The van der Waals surface area contributed by atoms with E-state index in [2.05, 4.69) is 51.7 Å². The highest BCUT2D eigenvalue weighted by molar-refractivity contribution is 7.65. The largest absolute Gasteiger partial charge is 0.346 e. The van der Waals surface area contributed by atoms with Gasteiger partial charge in [-0.2, -0.15) is 10.2 Å². The van der Waals surface area contributed by atoms with E-state index in [1.165, 1.54) is 0 Å². The number of rotatable bonds is 3. The fraction of sp³-hybridized carbons (Fsp3) is 0.833. The lowest BCUT2D eigenvalue weighted by molar-refractivity contribution is 0.577. The molecule has 0 atom stereocenters. The van der Waals surface area contributed by atoms with Gasteiger partial charge in [0.25, 0.3) is 0 Å².